The van der Waals surface area contributed by atoms with Gasteiger partial charge in [-0.1, -0.05) is 6.92 Å². The standard InChI is InChI=1S/C10H17N3O/c1-4-13-7-10(2,3)12-9(14)8(13)5-6-11/h8H,4-5,7H2,1-3H3,(H,12,14). The molecule has 0 aromatic rings. The summed E-state index contributed by atoms with van der Waals surface area (Å²) in [5.41, 5.74) is -0.181. The number of nitrogens with zero attached hydrogens (tertiary/aromatic N) is 2. The van der Waals surface area contributed by atoms with Crippen LogP contribution in [0.15, 0.2) is 0 Å². The predicted octanol–water partition coefficient (Wildman–Crippen LogP) is 0.499. The van der Waals surface area contributed by atoms with Crippen LogP contribution in [0.1, 0.15) is 27.2 Å². The number of rotatable bonds is 2. The van der Waals surface area contributed by atoms with Gasteiger partial charge in [0.05, 0.1) is 12.5 Å². The monoisotopic (exact) mass is 195 g/mol. The molecule has 1 fully saturated rings. The Labute approximate surface area is 84.9 Å². The molecule has 0 aliphatic carbocycles. The molecule has 4 nitrogen and oxygen atoms in total. The topological polar surface area (TPSA) is 56.1 Å². The maximum atomic E-state index is 11.7. The maximum Gasteiger partial charge on any atom is 0.238 e. The van der Waals surface area contributed by atoms with Crippen LogP contribution in [0.4, 0.5) is 0 Å². The molecule has 14 heavy (non-hydrogen) atoms. The van der Waals surface area contributed by atoms with Gasteiger partial charge in [0.25, 0.3) is 0 Å². The average molecular weight is 195 g/mol. The van der Waals surface area contributed by atoms with Crippen molar-refractivity contribution >= 4 is 5.91 Å². The SMILES string of the molecule is CCN1CC(C)(C)NC(=O)C1CC#N. The zero-order valence-corrected chi connectivity index (χ0v) is 9.00. The molecule has 0 spiro atoms. The van der Waals surface area contributed by atoms with E-state index in [1.54, 1.807) is 0 Å². The highest BCUT2D eigenvalue weighted by Gasteiger charge is 2.37. The largest absolute Gasteiger partial charge is 0.349 e. The van der Waals surface area contributed by atoms with E-state index in [4.69, 9.17) is 5.26 Å². The molecule has 1 unspecified atom stereocenters. The summed E-state index contributed by atoms with van der Waals surface area (Å²) in [6.07, 6.45) is 0.274. The van der Waals surface area contributed by atoms with Crippen molar-refractivity contribution in [1.82, 2.24) is 10.2 Å². The normalized spacial score (nSPS) is 26.7. The minimum atomic E-state index is -0.266. The molecule has 0 aromatic heterocycles. The minimum absolute atomic E-state index is 0.0235. The van der Waals surface area contributed by atoms with Crippen molar-refractivity contribution in [2.45, 2.75) is 38.8 Å². The van der Waals surface area contributed by atoms with Crippen LogP contribution in [-0.2, 0) is 4.79 Å². The van der Waals surface area contributed by atoms with Gasteiger partial charge in [-0.15, -0.1) is 0 Å². The Morgan fingerprint density at radius 2 is 2.36 bits per heavy atom. The Morgan fingerprint density at radius 1 is 1.71 bits per heavy atom. The van der Waals surface area contributed by atoms with E-state index >= 15 is 0 Å². The van der Waals surface area contributed by atoms with Crippen LogP contribution in [0.5, 0.6) is 0 Å². The van der Waals surface area contributed by atoms with Crippen molar-refractivity contribution in [3.05, 3.63) is 0 Å². The molecule has 1 aliphatic heterocycles. The van der Waals surface area contributed by atoms with Crippen molar-refractivity contribution < 1.29 is 4.79 Å². The molecule has 1 amide bonds. The number of hydrogen-bond donors (Lipinski definition) is 1. The zero-order valence-electron chi connectivity index (χ0n) is 9.00. The Hall–Kier alpha value is -1.08. The highest BCUT2D eigenvalue weighted by molar-refractivity contribution is 5.83. The molecule has 1 saturated heterocycles. The molecule has 1 heterocycles. The molecule has 1 N–H and O–H groups in total. The lowest BCUT2D eigenvalue weighted by molar-refractivity contribution is -0.132. The second-order valence-electron chi connectivity index (χ2n) is 4.31. The first-order valence-corrected chi connectivity index (χ1v) is 4.93. The molecule has 1 atom stereocenters. The number of nitrogens with one attached hydrogen (secondary N) is 1. The van der Waals surface area contributed by atoms with Gasteiger partial charge < -0.3 is 5.32 Å². The number of likely N-dealkylation sites (N-methyl/N-ethyl adjacent to an activating group) is 1. The van der Waals surface area contributed by atoms with Gasteiger partial charge in [0.2, 0.25) is 5.91 Å². The first kappa shape index (κ1) is 11.0. The van der Waals surface area contributed by atoms with Crippen molar-refractivity contribution in [2.24, 2.45) is 0 Å². The van der Waals surface area contributed by atoms with Gasteiger partial charge in [-0.05, 0) is 20.4 Å². The smallest absolute Gasteiger partial charge is 0.238 e. The first-order valence-electron chi connectivity index (χ1n) is 4.93. The van der Waals surface area contributed by atoms with Crippen LogP contribution >= 0.6 is 0 Å². The highest BCUT2D eigenvalue weighted by atomic mass is 16.2. The molecule has 0 radical (unpaired) electrons. The van der Waals surface area contributed by atoms with Gasteiger partial charge in [-0.25, -0.2) is 0 Å². The number of hydrogen-bond acceptors (Lipinski definition) is 3. The number of amides is 1. The van der Waals surface area contributed by atoms with Crippen molar-refractivity contribution in [2.75, 3.05) is 13.1 Å². The van der Waals surface area contributed by atoms with Crippen molar-refractivity contribution in [3.8, 4) is 6.07 Å². The van der Waals surface area contributed by atoms with Gasteiger partial charge in [-0.3, -0.25) is 9.69 Å². The van der Waals surface area contributed by atoms with E-state index in [2.05, 4.69) is 16.3 Å². The van der Waals surface area contributed by atoms with Gasteiger partial charge in [-0.2, -0.15) is 5.26 Å². The summed E-state index contributed by atoms with van der Waals surface area (Å²) in [7, 11) is 0. The maximum absolute atomic E-state index is 11.7. The summed E-state index contributed by atoms with van der Waals surface area (Å²) in [6, 6.07) is 1.79. The molecule has 0 aromatic carbocycles. The Kier molecular flexibility index (Phi) is 3.12. The zero-order chi connectivity index (χ0) is 10.8. The average Bonchev–Trinajstić information content (AvgIpc) is 2.08. The van der Waals surface area contributed by atoms with E-state index in [1.807, 2.05) is 20.8 Å². The van der Waals surface area contributed by atoms with Gasteiger partial charge in [0.15, 0.2) is 0 Å². The third-order valence-electron chi connectivity index (χ3n) is 2.49. The predicted molar refractivity (Wildman–Crippen MR) is 53.5 cm³/mol. The number of carbonyl (C=O) groups is 1. The fourth-order valence-electron chi connectivity index (χ4n) is 1.88. The van der Waals surface area contributed by atoms with Crippen LogP contribution in [0.2, 0.25) is 0 Å². The van der Waals surface area contributed by atoms with Crippen LogP contribution in [0.25, 0.3) is 0 Å². The molecular formula is C10H17N3O. The van der Waals surface area contributed by atoms with Crippen LogP contribution in [-0.4, -0.2) is 35.5 Å². The quantitative estimate of drug-likeness (QED) is 0.698. The van der Waals surface area contributed by atoms with Gasteiger partial charge in [0, 0.05) is 12.1 Å². The number of nitriles is 1. The number of piperazine rings is 1. The fraction of sp³-hybridized carbons (Fsp3) is 0.800. The van der Waals surface area contributed by atoms with E-state index in [0.29, 0.717) is 0 Å². The summed E-state index contributed by atoms with van der Waals surface area (Å²) in [6.45, 7) is 7.62. The van der Waals surface area contributed by atoms with Crippen molar-refractivity contribution in [3.63, 3.8) is 0 Å². The minimum Gasteiger partial charge on any atom is -0.349 e. The van der Waals surface area contributed by atoms with E-state index in [0.717, 1.165) is 13.1 Å². The van der Waals surface area contributed by atoms with Gasteiger partial charge >= 0.3 is 0 Å². The van der Waals surface area contributed by atoms with Crippen LogP contribution < -0.4 is 5.32 Å². The Morgan fingerprint density at radius 3 is 2.86 bits per heavy atom. The summed E-state index contributed by atoms with van der Waals surface area (Å²) < 4.78 is 0. The molecule has 1 aliphatic rings. The lowest BCUT2D eigenvalue weighted by Gasteiger charge is -2.42. The first-order chi connectivity index (χ1) is 6.50. The molecular weight excluding hydrogens is 178 g/mol. The fourth-order valence-corrected chi connectivity index (χ4v) is 1.88. The van der Waals surface area contributed by atoms with E-state index < -0.39 is 0 Å². The van der Waals surface area contributed by atoms with E-state index in [1.165, 1.54) is 0 Å². The summed E-state index contributed by atoms with van der Waals surface area (Å²) in [5, 5.41) is 11.5. The van der Waals surface area contributed by atoms with Crippen molar-refractivity contribution in [1.29, 1.82) is 5.26 Å². The van der Waals surface area contributed by atoms with Crippen LogP contribution in [0, 0.1) is 11.3 Å². The second-order valence-corrected chi connectivity index (χ2v) is 4.31. The van der Waals surface area contributed by atoms with Gasteiger partial charge in [0.1, 0.15) is 6.04 Å². The summed E-state index contributed by atoms with van der Waals surface area (Å²) in [4.78, 5) is 13.7. The molecule has 0 saturated carbocycles. The summed E-state index contributed by atoms with van der Waals surface area (Å²) >= 11 is 0. The molecule has 78 valence electrons. The Balaban J connectivity index is 2.77. The van der Waals surface area contributed by atoms with Crippen LogP contribution in [0.3, 0.4) is 0 Å². The lowest BCUT2D eigenvalue weighted by atomic mass is 9.97. The Bertz CT molecular complexity index is 267. The second kappa shape index (κ2) is 3.97. The highest BCUT2D eigenvalue weighted by Crippen LogP contribution is 2.17. The van der Waals surface area contributed by atoms with E-state index in [9.17, 15) is 4.79 Å². The third-order valence-corrected chi connectivity index (χ3v) is 2.49. The molecule has 4 heteroatoms. The third kappa shape index (κ3) is 2.24. The lowest BCUT2D eigenvalue weighted by Crippen LogP contribution is -2.64. The number of carbonyl (C=O) groups excluding carboxylic acids is 1. The molecule has 1 rings (SSSR count). The molecule has 0 bridgehead atoms. The van der Waals surface area contributed by atoms with E-state index in [-0.39, 0.29) is 23.9 Å². The summed E-state index contributed by atoms with van der Waals surface area (Å²) in [5.74, 6) is -0.0235.